The van der Waals surface area contributed by atoms with Crippen LogP contribution in [0.2, 0.25) is 0 Å². The summed E-state index contributed by atoms with van der Waals surface area (Å²) in [5.41, 5.74) is 2.89. The van der Waals surface area contributed by atoms with Crippen molar-refractivity contribution in [3.05, 3.63) is 54.1 Å². The Labute approximate surface area is 112 Å². The van der Waals surface area contributed by atoms with E-state index in [1.165, 1.54) is 12.1 Å². The van der Waals surface area contributed by atoms with Crippen molar-refractivity contribution in [3.63, 3.8) is 0 Å². The molecule has 0 aliphatic carbocycles. The second-order valence-corrected chi connectivity index (χ2v) is 5.55. The summed E-state index contributed by atoms with van der Waals surface area (Å²) in [5.74, 6) is 0. The molecule has 4 nitrogen and oxygen atoms in total. The molecule has 0 bridgehead atoms. The summed E-state index contributed by atoms with van der Waals surface area (Å²) in [6.07, 6.45) is 0. The van der Waals surface area contributed by atoms with E-state index >= 15 is 0 Å². The third kappa shape index (κ3) is 3.41. The Hall–Kier alpha value is -1.69. The van der Waals surface area contributed by atoms with Crippen molar-refractivity contribution in [2.45, 2.75) is 11.5 Å². The van der Waals surface area contributed by atoms with Gasteiger partial charge in [-0.2, -0.15) is 8.42 Å². The molecule has 5 heteroatoms. The summed E-state index contributed by atoms with van der Waals surface area (Å²) in [6.45, 7) is 0.525. The lowest BCUT2D eigenvalue weighted by molar-refractivity contribution is 0.185. The second kappa shape index (κ2) is 5.52. The quantitative estimate of drug-likeness (QED) is 0.873. The number of ether oxygens (including phenoxy) is 1. The van der Waals surface area contributed by atoms with E-state index in [2.05, 4.69) is 0 Å². The van der Waals surface area contributed by atoms with Crippen molar-refractivity contribution < 1.29 is 17.7 Å². The number of rotatable bonds is 4. The van der Waals surface area contributed by atoms with Gasteiger partial charge in [0, 0.05) is 7.11 Å². The maximum absolute atomic E-state index is 11.0. The maximum atomic E-state index is 11.0. The molecule has 0 amide bonds. The average Bonchev–Trinajstić information content (AvgIpc) is 2.39. The fourth-order valence-electron chi connectivity index (χ4n) is 1.83. The van der Waals surface area contributed by atoms with Crippen LogP contribution in [0, 0.1) is 0 Å². The van der Waals surface area contributed by atoms with Gasteiger partial charge in [0.2, 0.25) is 0 Å². The van der Waals surface area contributed by atoms with E-state index < -0.39 is 10.1 Å². The van der Waals surface area contributed by atoms with Gasteiger partial charge in [0.1, 0.15) is 0 Å². The van der Waals surface area contributed by atoms with Crippen LogP contribution in [-0.4, -0.2) is 20.1 Å². The van der Waals surface area contributed by atoms with Gasteiger partial charge >= 0.3 is 0 Å². The first kappa shape index (κ1) is 13.7. The van der Waals surface area contributed by atoms with Crippen molar-refractivity contribution in [1.29, 1.82) is 0 Å². The Balaban J connectivity index is 2.34. The predicted molar refractivity (Wildman–Crippen MR) is 72.4 cm³/mol. The van der Waals surface area contributed by atoms with E-state index in [9.17, 15) is 8.42 Å². The highest BCUT2D eigenvalue weighted by Gasteiger charge is 2.09. The van der Waals surface area contributed by atoms with Crippen molar-refractivity contribution in [2.75, 3.05) is 7.11 Å². The third-order valence-corrected chi connectivity index (χ3v) is 3.59. The zero-order valence-electron chi connectivity index (χ0n) is 10.4. The largest absolute Gasteiger partial charge is 0.380 e. The molecule has 2 aromatic carbocycles. The van der Waals surface area contributed by atoms with Crippen molar-refractivity contribution in [2.24, 2.45) is 0 Å². The Bertz CT molecular complexity index is 660. The van der Waals surface area contributed by atoms with E-state index in [1.54, 1.807) is 19.2 Å². The van der Waals surface area contributed by atoms with E-state index in [4.69, 9.17) is 9.29 Å². The average molecular weight is 278 g/mol. The number of methoxy groups -OCH3 is 1. The van der Waals surface area contributed by atoms with Crippen LogP contribution in [0.3, 0.4) is 0 Å². The van der Waals surface area contributed by atoms with Gasteiger partial charge < -0.3 is 4.74 Å². The molecule has 0 aliphatic rings. The molecule has 0 radical (unpaired) electrons. The zero-order valence-corrected chi connectivity index (χ0v) is 11.2. The first-order chi connectivity index (χ1) is 9.00. The number of hydrogen-bond acceptors (Lipinski definition) is 3. The van der Waals surface area contributed by atoms with Gasteiger partial charge in [-0.15, -0.1) is 0 Å². The smallest absolute Gasteiger partial charge is 0.294 e. The highest BCUT2D eigenvalue weighted by Crippen LogP contribution is 2.22. The van der Waals surface area contributed by atoms with Crippen LogP contribution in [0.4, 0.5) is 0 Å². The first-order valence-electron chi connectivity index (χ1n) is 5.66. The van der Waals surface area contributed by atoms with Crippen LogP contribution in [0.1, 0.15) is 5.56 Å². The van der Waals surface area contributed by atoms with Crippen molar-refractivity contribution in [1.82, 2.24) is 0 Å². The zero-order chi connectivity index (χ0) is 13.9. The second-order valence-electron chi connectivity index (χ2n) is 4.13. The topological polar surface area (TPSA) is 63.6 Å². The fraction of sp³-hybridized carbons (Fsp3) is 0.143. The van der Waals surface area contributed by atoms with E-state index in [0.29, 0.717) is 6.61 Å². The van der Waals surface area contributed by atoms with Gasteiger partial charge in [0.15, 0.2) is 0 Å². The minimum absolute atomic E-state index is 0.107. The molecular formula is C14H14O4S. The van der Waals surface area contributed by atoms with Gasteiger partial charge in [-0.25, -0.2) is 0 Å². The van der Waals surface area contributed by atoms with Gasteiger partial charge in [0.25, 0.3) is 10.1 Å². The van der Waals surface area contributed by atoms with Crippen LogP contribution in [-0.2, 0) is 21.5 Å². The molecule has 2 aromatic rings. The lowest BCUT2D eigenvalue weighted by Crippen LogP contribution is -1.97. The molecule has 0 saturated heterocycles. The molecule has 19 heavy (non-hydrogen) atoms. The van der Waals surface area contributed by atoms with Crippen molar-refractivity contribution >= 4 is 10.1 Å². The molecule has 0 atom stereocenters. The normalized spacial score (nSPS) is 11.5. The molecule has 1 N–H and O–H groups in total. The molecule has 2 rings (SSSR count). The maximum Gasteiger partial charge on any atom is 0.294 e. The van der Waals surface area contributed by atoms with Crippen LogP contribution < -0.4 is 0 Å². The summed E-state index contributed by atoms with van der Waals surface area (Å²) in [5, 5.41) is 0. The molecule has 0 fully saturated rings. The summed E-state index contributed by atoms with van der Waals surface area (Å²) in [4.78, 5) is -0.107. The van der Waals surface area contributed by atoms with Crippen LogP contribution >= 0.6 is 0 Å². The highest BCUT2D eigenvalue weighted by molar-refractivity contribution is 7.85. The Morgan fingerprint density at radius 1 is 1.05 bits per heavy atom. The van der Waals surface area contributed by atoms with Gasteiger partial charge in [-0.3, -0.25) is 4.55 Å². The first-order valence-corrected chi connectivity index (χ1v) is 7.10. The third-order valence-electron chi connectivity index (χ3n) is 2.72. The molecule has 0 saturated carbocycles. The van der Waals surface area contributed by atoms with Gasteiger partial charge in [0.05, 0.1) is 11.5 Å². The number of hydrogen-bond donors (Lipinski definition) is 1. The molecule has 0 heterocycles. The van der Waals surface area contributed by atoms with Crippen LogP contribution in [0.15, 0.2) is 53.4 Å². The Kier molecular flexibility index (Phi) is 3.99. The van der Waals surface area contributed by atoms with E-state index in [1.807, 2.05) is 24.3 Å². The minimum Gasteiger partial charge on any atom is -0.380 e. The van der Waals surface area contributed by atoms with Crippen LogP contribution in [0.25, 0.3) is 11.1 Å². The van der Waals surface area contributed by atoms with Gasteiger partial charge in [-0.05, 0) is 34.9 Å². The molecule has 100 valence electrons. The fourth-order valence-corrected chi connectivity index (χ4v) is 2.31. The molecule has 0 aliphatic heterocycles. The summed E-state index contributed by atoms with van der Waals surface area (Å²) >= 11 is 0. The summed E-state index contributed by atoms with van der Waals surface area (Å²) in [7, 11) is -2.51. The Morgan fingerprint density at radius 2 is 1.74 bits per heavy atom. The van der Waals surface area contributed by atoms with Crippen LogP contribution in [0.5, 0.6) is 0 Å². The molecule has 0 unspecified atom stereocenters. The predicted octanol–water partition coefficient (Wildman–Crippen LogP) is 2.75. The van der Waals surface area contributed by atoms with E-state index in [0.717, 1.165) is 16.7 Å². The Morgan fingerprint density at radius 3 is 2.32 bits per heavy atom. The SMILES string of the molecule is COCc1cccc(-c2ccc(S(=O)(=O)O)cc2)c1. The van der Waals surface area contributed by atoms with Crippen molar-refractivity contribution in [3.8, 4) is 11.1 Å². The lowest BCUT2D eigenvalue weighted by atomic mass is 10.0. The molecule has 0 aromatic heterocycles. The lowest BCUT2D eigenvalue weighted by Gasteiger charge is -2.05. The number of benzene rings is 2. The van der Waals surface area contributed by atoms with E-state index in [-0.39, 0.29) is 4.90 Å². The standard InChI is InChI=1S/C14H14O4S/c1-18-10-11-3-2-4-13(9-11)12-5-7-14(8-6-12)19(15,16)17/h2-9H,10H2,1H3,(H,15,16,17). The molecular weight excluding hydrogens is 264 g/mol. The van der Waals surface area contributed by atoms with Gasteiger partial charge in [-0.1, -0.05) is 30.3 Å². The monoisotopic (exact) mass is 278 g/mol. The highest BCUT2D eigenvalue weighted by atomic mass is 32.2. The summed E-state index contributed by atoms with van der Waals surface area (Å²) < 4.78 is 35.9. The molecule has 0 spiro atoms. The summed E-state index contributed by atoms with van der Waals surface area (Å²) in [6, 6.07) is 13.9. The minimum atomic E-state index is -4.14.